The van der Waals surface area contributed by atoms with Crippen molar-refractivity contribution in [1.82, 2.24) is 0 Å². The summed E-state index contributed by atoms with van der Waals surface area (Å²) in [5, 5.41) is 0. The molecule has 0 bridgehead atoms. The summed E-state index contributed by atoms with van der Waals surface area (Å²) in [4.78, 5) is 4.83. The van der Waals surface area contributed by atoms with E-state index in [0.29, 0.717) is 5.90 Å². The van der Waals surface area contributed by atoms with Gasteiger partial charge in [-0.3, -0.25) is 0 Å². The van der Waals surface area contributed by atoms with Gasteiger partial charge >= 0.3 is 189 Å². The van der Waals surface area contributed by atoms with Gasteiger partial charge in [-0.2, -0.15) is 0 Å². The Hall–Kier alpha value is -3.39. The van der Waals surface area contributed by atoms with Gasteiger partial charge in [0.2, 0.25) is 0 Å². The van der Waals surface area contributed by atoms with Crippen molar-refractivity contribution in [3.05, 3.63) is 131 Å². The van der Waals surface area contributed by atoms with E-state index in [-0.39, 0.29) is 15.0 Å². The number of aliphatic imine (C=N–C) groups is 1. The van der Waals surface area contributed by atoms with E-state index in [0.717, 1.165) is 22.6 Å². The Morgan fingerprint density at radius 1 is 0.710 bits per heavy atom. The average Bonchev–Trinajstić information content (AvgIpc) is 2.84. The molecule has 0 saturated carbocycles. The number of fused-ring (bicyclic) bond motifs is 1. The van der Waals surface area contributed by atoms with Crippen molar-refractivity contribution in [2.24, 2.45) is 4.99 Å². The van der Waals surface area contributed by atoms with E-state index in [4.69, 9.17) is 9.73 Å². The van der Waals surface area contributed by atoms with Crippen molar-refractivity contribution in [2.45, 2.75) is 6.92 Å². The number of benzene rings is 4. The zero-order chi connectivity index (χ0) is 21.0. The van der Waals surface area contributed by atoms with E-state index in [1.807, 2.05) is 42.5 Å². The first-order chi connectivity index (χ1) is 15.3. The Balaban J connectivity index is 1.70. The van der Waals surface area contributed by atoms with E-state index >= 15 is 0 Å². The first kappa shape index (κ1) is 19.6. The molecule has 31 heavy (non-hydrogen) atoms. The van der Waals surface area contributed by atoms with Crippen LogP contribution in [0.3, 0.4) is 0 Å². The Morgan fingerprint density at radius 2 is 1.35 bits per heavy atom. The molecule has 4 aromatic carbocycles. The van der Waals surface area contributed by atoms with Crippen LogP contribution < -0.4 is 4.46 Å². The number of aryl methyl sites for hydroxylation is 1. The summed E-state index contributed by atoms with van der Waals surface area (Å²) in [6.07, 6.45) is 0. The summed E-state index contributed by atoms with van der Waals surface area (Å²) in [6, 6.07) is 37.7. The number of rotatable bonds is 4. The summed E-state index contributed by atoms with van der Waals surface area (Å²) in [5.74, 6) is 1.54. The molecule has 5 rings (SSSR count). The van der Waals surface area contributed by atoms with Crippen molar-refractivity contribution in [1.29, 1.82) is 0 Å². The van der Waals surface area contributed by atoms with Crippen molar-refractivity contribution in [3.8, 4) is 0 Å². The quantitative estimate of drug-likeness (QED) is 0.340. The normalized spacial score (nSPS) is 14.3. The molecule has 0 N–H and O–H groups in total. The SMILES string of the molecule is Cc1ccc([Se]/C(=C2\OC(c3ccccc3)=Nc3ccccc32)c2ccccc2)cc1. The number of hydrogen-bond acceptors (Lipinski definition) is 2. The standard InChI is InChI=1S/C28H21NOSe/c1-20-16-18-23(19-17-20)31-27(21-10-4-2-5-11-21)26-24-14-8-9-15-25(24)29-28(30-26)22-12-6-3-7-13-22/h2-19H,1H3/b27-26-. The van der Waals surface area contributed by atoms with Gasteiger partial charge in [0.15, 0.2) is 0 Å². The second-order valence-electron chi connectivity index (χ2n) is 7.34. The van der Waals surface area contributed by atoms with E-state index < -0.39 is 0 Å². The zero-order valence-corrected chi connectivity index (χ0v) is 18.9. The Morgan fingerprint density at radius 3 is 2.10 bits per heavy atom. The van der Waals surface area contributed by atoms with Gasteiger partial charge in [0.05, 0.1) is 0 Å². The summed E-state index contributed by atoms with van der Waals surface area (Å²) in [6.45, 7) is 2.12. The third-order valence-electron chi connectivity index (χ3n) is 5.07. The van der Waals surface area contributed by atoms with Crippen LogP contribution in [0, 0.1) is 6.92 Å². The van der Waals surface area contributed by atoms with Crippen molar-refractivity contribution in [2.75, 3.05) is 0 Å². The van der Waals surface area contributed by atoms with Crippen LogP contribution in [0.25, 0.3) is 10.2 Å². The molecule has 2 nitrogen and oxygen atoms in total. The molecule has 150 valence electrons. The summed E-state index contributed by atoms with van der Waals surface area (Å²) >= 11 is 0.0661. The minimum absolute atomic E-state index is 0.0661. The van der Waals surface area contributed by atoms with Crippen LogP contribution in [0.4, 0.5) is 5.69 Å². The topological polar surface area (TPSA) is 21.6 Å². The van der Waals surface area contributed by atoms with Gasteiger partial charge in [0, 0.05) is 0 Å². The van der Waals surface area contributed by atoms with Crippen LogP contribution >= 0.6 is 0 Å². The summed E-state index contributed by atoms with van der Waals surface area (Å²) < 4.78 is 9.09. The molecule has 0 amide bonds. The van der Waals surface area contributed by atoms with E-state index in [1.165, 1.54) is 20.1 Å². The van der Waals surface area contributed by atoms with Gasteiger partial charge < -0.3 is 0 Å². The first-order valence-electron chi connectivity index (χ1n) is 10.2. The van der Waals surface area contributed by atoms with Crippen LogP contribution in [0.1, 0.15) is 22.3 Å². The van der Waals surface area contributed by atoms with Gasteiger partial charge in [-0.15, -0.1) is 0 Å². The van der Waals surface area contributed by atoms with Crippen LogP contribution in [-0.4, -0.2) is 20.9 Å². The predicted octanol–water partition coefficient (Wildman–Crippen LogP) is 5.96. The molecule has 0 aliphatic carbocycles. The van der Waals surface area contributed by atoms with Gasteiger partial charge in [-0.25, -0.2) is 0 Å². The predicted molar refractivity (Wildman–Crippen MR) is 130 cm³/mol. The molecule has 0 saturated heterocycles. The number of para-hydroxylation sites is 1. The number of ether oxygens (including phenoxy) is 1. The molecule has 0 unspecified atom stereocenters. The molecule has 1 aliphatic rings. The van der Waals surface area contributed by atoms with E-state index in [9.17, 15) is 0 Å². The average molecular weight is 466 g/mol. The maximum atomic E-state index is 6.56. The van der Waals surface area contributed by atoms with Gasteiger partial charge in [-0.05, 0) is 0 Å². The van der Waals surface area contributed by atoms with E-state index in [1.54, 1.807) is 0 Å². The van der Waals surface area contributed by atoms with Crippen molar-refractivity contribution < 1.29 is 4.74 Å². The molecule has 3 heteroatoms. The molecule has 0 atom stereocenters. The molecule has 4 aromatic rings. The van der Waals surface area contributed by atoms with Crippen LogP contribution in [0.2, 0.25) is 0 Å². The van der Waals surface area contributed by atoms with Crippen molar-refractivity contribution >= 4 is 41.2 Å². The maximum absolute atomic E-state index is 6.56. The Labute approximate surface area is 189 Å². The van der Waals surface area contributed by atoms with Gasteiger partial charge in [-0.1, -0.05) is 0 Å². The first-order valence-corrected chi connectivity index (χ1v) is 11.9. The van der Waals surface area contributed by atoms with Crippen LogP contribution in [0.5, 0.6) is 0 Å². The van der Waals surface area contributed by atoms with Crippen molar-refractivity contribution in [3.63, 3.8) is 0 Å². The summed E-state index contributed by atoms with van der Waals surface area (Å²) in [7, 11) is 0. The molecular weight excluding hydrogens is 445 g/mol. The van der Waals surface area contributed by atoms with Gasteiger partial charge in [0.25, 0.3) is 0 Å². The molecule has 0 spiro atoms. The fourth-order valence-corrected chi connectivity index (χ4v) is 5.58. The summed E-state index contributed by atoms with van der Waals surface area (Å²) in [5.41, 5.74) is 5.41. The monoisotopic (exact) mass is 467 g/mol. The number of hydrogen-bond donors (Lipinski definition) is 0. The molecule has 1 aliphatic heterocycles. The Bertz CT molecular complexity index is 1260. The second-order valence-corrected chi connectivity index (χ2v) is 9.62. The minimum atomic E-state index is 0.0661. The molecule has 0 fully saturated rings. The zero-order valence-electron chi connectivity index (χ0n) is 17.2. The van der Waals surface area contributed by atoms with Crippen LogP contribution in [-0.2, 0) is 4.74 Å². The van der Waals surface area contributed by atoms with Gasteiger partial charge in [0.1, 0.15) is 0 Å². The number of nitrogens with zero attached hydrogens (tertiary/aromatic N) is 1. The molecular formula is C28H21NOSe. The second kappa shape index (κ2) is 8.77. The third kappa shape index (κ3) is 4.25. The van der Waals surface area contributed by atoms with Crippen LogP contribution in [0.15, 0.2) is 114 Å². The molecule has 0 aromatic heterocycles. The fraction of sp³-hybridized carbons (Fsp3) is 0.0357. The molecule has 0 radical (unpaired) electrons. The molecule has 1 heterocycles. The fourth-order valence-electron chi connectivity index (χ4n) is 3.47. The third-order valence-corrected chi connectivity index (χ3v) is 7.45. The van der Waals surface area contributed by atoms with E-state index in [2.05, 4.69) is 73.7 Å². The Kier molecular flexibility index (Phi) is 5.54.